The minimum absolute atomic E-state index is 0.106. The average Bonchev–Trinajstić information content (AvgIpc) is 2.76. The van der Waals surface area contributed by atoms with Gasteiger partial charge in [-0.2, -0.15) is 5.10 Å². The maximum absolute atomic E-state index is 12.1. The summed E-state index contributed by atoms with van der Waals surface area (Å²) in [7, 11) is 1.61. The van der Waals surface area contributed by atoms with Crippen LogP contribution in [0.15, 0.2) is 41.5 Å². The number of methoxy groups -OCH3 is 1. The largest absolute Gasteiger partial charge is 0.497 e. The summed E-state index contributed by atoms with van der Waals surface area (Å²) in [5, 5.41) is 4.16. The molecule has 0 fully saturated rings. The molecule has 1 amide bonds. The standard InChI is InChI=1S/C26H35N3O3/c1-7-12-29-24-13-18(2)20(14-23(24)19(3)15-26(29,4)5)16-27-28-25(30)17-32-22-10-8-21(31-6)9-11-22/h8-11,13-14,16,19H,7,12,15,17H2,1-6H3,(H,28,30)/b27-16+. The van der Waals surface area contributed by atoms with E-state index in [-0.39, 0.29) is 18.1 Å². The molecule has 1 N–H and O–H groups in total. The van der Waals surface area contributed by atoms with Crippen molar-refractivity contribution in [3.63, 3.8) is 0 Å². The van der Waals surface area contributed by atoms with Crippen LogP contribution in [0.1, 0.15) is 63.1 Å². The molecule has 32 heavy (non-hydrogen) atoms. The number of hydrazone groups is 1. The zero-order valence-electron chi connectivity index (χ0n) is 20.1. The van der Waals surface area contributed by atoms with E-state index in [0.717, 1.165) is 36.3 Å². The van der Waals surface area contributed by atoms with Crippen molar-refractivity contribution in [2.45, 2.75) is 58.9 Å². The van der Waals surface area contributed by atoms with Crippen molar-refractivity contribution < 1.29 is 14.3 Å². The second kappa shape index (κ2) is 10.1. The van der Waals surface area contributed by atoms with Gasteiger partial charge in [0.05, 0.1) is 13.3 Å². The molecule has 2 aromatic rings. The zero-order valence-corrected chi connectivity index (χ0v) is 20.1. The second-order valence-electron chi connectivity index (χ2n) is 9.09. The van der Waals surface area contributed by atoms with Crippen molar-refractivity contribution in [2.75, 3.05) is 25.2 Å². The number of aryl methyl sites for hydroxylation is 1. The fraction of sp³-hybridized carbons (Fsp3) is 0.462. The van der Waals surface area contributed by atoms with Gasteiger partial charge in [-0.25, -0.2) is 5.43 Å². The fourth-order valence-electron chi connectivity index (χ4n) is 4.46. The maximum atomic E-state index is 12.1. The van der Waals surface area contributed by atoms with Gasteiger partial charge in [0, 0.05) is 17.8 Å². The Morgan fingerprint density at radius 3 is 2.59 bits per heavy atom. The molecule has 1 aliphatic rings. The third-order valence-electron chi connectivity index (χ3n) is 6.04. The van der Waals surface area contributed by atoms with Gasteiger partial charge in [0.2, 0.25) is 0 Å². The van der Waals surface area contributed by atoms with Crippen molar-refractivity contribution in [1.29, 1.82) is 0 Å². The van der Waals surface area contributed by atoms with Crippen LogP contribution in [0.25, 0.3) is 0 Å². The first-order chi connectivity index (χ1) is 15.2. The quantitative estimate of drug-likeness (QED) is 0.464. The third-order valence-corrected chi connectivity index (χ3v) is 6.04. The molecule has 0 saturated carbocycles. The Morgan fingerprint density at radius 1 is 1.25 bits per heavy atom. The Kier molecular flexibility index (Phi) is 7.44. The lowest BCUT2D eigenvalue weighted by atomic mass is 9.79. The monoisotopic (exact) mass is 437 g/mol. The number of hydrogen-bond acceptors (Lipinski definition) is 5. The highest BCUT2D eigenvalue weighted by Crippen LogP contribution is 2.44. The smallest absolute Gasteiger partial charge is 0.277 e. The van der Waals surface area contributed by atoms with Gasteiger partial charge in [-0.3, -0.25) is 4.79 Å². The molecule has 0 spiro atoms. The van der Waals surface area contributed by atoms with Crippen molar-refractivity contribution >= 4 is 17.8 Å². The predicted octanol–water partition coefficient (Wildman–Crippen LogP) is 5.03. The Bertz CT molecular complexity index is 967. The summed E-state index contributed by atoms with van der Waals surface area (Å²) in [6.45, 7) is 12.2. The van der Waals surface area contributed by atoms with E-state index in [9.17, 15) is 4.79 Å². The van der Waals surface area contributed by atoms with E-state index in [0.29, 0.717) is 11.7 Å². The van der Waals surface area contributed by atoms with Gasteiger partial charge in [-0.1, -0.05) is 13.8 Å². The summed E-state index contributed by atoms with van der Waals surface area (Å²) in [4.78, 5) is 14.6. The summed E-state index contributed by atoms with van der Waals surface area (Å²) in [5.41, 5.74) is 7.52. The van der Waals surface area contributed by atoms with Gasteiger partial charge in [-0.15, -0.1) is 0 Å². The van der Waals surface area contributed by atoms with Crippen LogP contribution < -0.4 is 19.8 Å². The number of nitrogens with zero attached hydrogens (tertiary/aromatic N) is 2. The third kappa shape index (κ3) is 5.42. The molecule has 1 heterocycles. The van der Waals surface area contributed by atoms with E-state index < -0.39 is 0 Å². The minimum Gasteiger partial charge on any atom is -0.497 e. The van der Waals surface area contributed by atoms with Crippen LogP contribution in [0, 0.1) is 6.92 Å². The highest BCUT2D eigenvalue weighted by Gasteiger charge is 2.36. The maximum Gasteiger partial charge on any atom is 0.277 e. The van der Waals surface area contributed by atoms with Crippen LogP contribution in [0.5, 0.6) is 11.5 Å². The topological polar surface area (TPSA) is 63.2 Å². The lowest BCUT2D eigenvalue weighted by molar-refractivity contribution is -0.123. The number of rotatable bonds is 8. The predicted molar refractivity (Wildman–Crippen MR) is 130 cm³/mol. The van der Waals surface area contributed by atoms with E-state index >= 15 is 0 Å². The fourth-order valence-corrected chi connectivity index (χ4v) is 4.46. The number of nitrogens with one attached hydrogen (secondary N) is 1. The van der Waals surface area contributed by atoms with Crippen LogP contribution >= 0.6 is 0 Å². The van der Waals surface area contributed by atoms with E-state index in [4.69, 9.17) is 9.47 Å². The molecule has 0 saturated heterocycles. The molecule has 2 aromatic carbocycles. The number of ether oxygens (including phenoxy) is 2. The molecule has 0 aliphatic carbocycles. The number of benzene rings is 2. The molecule has 0 bridgehead atoms. The van der Waals surface area contributed by atoms with Gasteiger partial charge in [0.25, 0.3) is 5.91 Å². The first kappa shape index (κ1) is 23.6. The van der Waals surface area contributed by atoms with Crippen molar-refractivity contribution in [2.24, 2.45) is 5.10 Å². The molecule has 172 valence electrons. The first-order valence-corrected chi connectivity index (χ1v) is 11.3. The molecule has 0 radical (unpaired) electrons. The van der Waals surface area contributed by atoms with E-state index in [1.807, 2.05) is 0 Å². The Labute approximate surface area is 191 Å². The molecule has 6 nitrogen and oxygen atoms in total. The molecule has 1 aliphatic heterocycles. The van der Waals surface area contributed by atoms with Crippen LogP contribution in [-0.4, -0.2) is 37.9 Å². The normalized spacial score (nSPS) is 17.2. The summed E-state index contributed by atoms with van der Waals surface area (Å²) in [5.74, 6) is 1.50. The molecule has 1 atom stereocenters. The van der Waals surface area contributed by atoms with Crippen molar-refractivity contribution in [1.82, 2.24) is 5.43 Å². The van der Waals surface area contributed by atoms with Crippen LogP contribution in [0.2, 0.25) is 0 Å². The second-order valence-corrected chi connectivity index (χ2v) is 9.09. The number of amides is 1. The van der Waals surface area contributed by atoms with Gasteiger partial charge >= 0.3 is 0 Å². The highest BCUT2D eigenvalue weighted by atomic mass is 16.5. The van der Waals surface area contributed by atoms with Crippen LogP contribution in [-0.2, 0) is 4.79 Å². The van der Waals surface area contributed by atoms with E-state index in [1.165, 1.54) is 11.3 Å². The number of fused-ring (bicyclic) bond motifs is 1. The van der Waals surface area contributed by atoms with Gasteiger partial charge in [0.15, 0.2) is 6.61 Å². The zero-order chi connectivity index (χ0) is 23.3. The molecular weight excluding hydrogens is 402 g/mol. The number of carbonyl (C=O) groups excluding carboxylic acids is 1. The number of carbonyl (C=O) groups is 1. The number of anilines is 1. The molecule has 6 heteroatoms. The summed E-state index contributed by atoms with van der Waals surface area (Å²) in [6.07, 6.45) is 3.95. The molecule has 1 unspecified atom stereocenters. The Balaban J connectivity index is 1.65. The van der Waals surface area contributed by atoms with Crippen molar-refractivity contribution in [3.05, 3.63) is 53.1 Å². The summed E-state index contributed by atoms with van der Waals surface area (Å²) in [6, 6.07) is 11.6. The highest BCUT2D eigenvalue weighted by molar-refractivity contribution is 5.86. The summed E-state index contributed by atoms with van der Waals surface area (Å²) < 4.78 is 10.6. The van der Waals surface area contributed by atoms with Gasteiger partial charge in [-0.05, 0) is 92.6 Å². The molecule has 0 aromatic heterocycles. The van der Waals surface area contributed by atoms with Gasteiger partial charge < -0.3 is 14.4 Å². The lowest BCUT2D eigenvalue weighted by Crippen LogP contribution is -2.48. The van der Waals surface area contributed by atoms with E-state index in [1.54, 1.807) is 37.6 Å². The van der Waals surface area contributed by atoms with Gasteiger partial charge in [0.1, 0.15) is 11.5 Å². The Morgan fingerprint density at radius 2 is 1.94 bits per heavy atom. The summed E-state index contributed by atoms with van der Waals surface area (Å²) >= 11 is 0. The lowest BCUT2D eigenvalue weighted by Gasteiger charge is -2.48. The average molecular weight is 438 g/mol. The van der Waals surface area contributed by atoms with E-state index in [2.05, 4.69) is 62.2 Å². The van der Waals surface area contributed by atoms with Crippen LogP contribution in [0.3, 0.4) is 0 Å². The Hall–Kier alpha value is -3.02. The molecule has 3 rings (SSSR count). The molecular formula is C26H35N3O3. The number of hydrogen-bond donors (Lipinski definition) is 1. The van der Waals surface area contributed by atoms with Crippen molar-refractivity contribution in [3.8, 4) is 11.5 Å². The minimum atomic E-state index is -0.308. The SMILES string of the molecule is CCCN1c2cc(C)c(/C=N/NC(=O)COc3ccc(OC)cc3)cc2C(C)CC1(C)C. The van der Waals surface area contributed by atoms with Crippen LogP contribution in [0.4, 0.5) is 5.69 Å². The first-order valence-electron chi connectivity index (χ1n) is 11.3.